The average molecular weight is 337 g/mol. The SMILES string of the molecule is CN(C)C(=O)CC1CCOC2(CCN(CC3CCCCC3)CC2)C1. The molecular weight excluding hydrogens is 300 g/mol. The number of hydrogen-bond donors (Lipinski definition) is 0. The lowest BCUT2D eigenvalue weighted by molar-refractivity contribution is -0.140. The van der Waals surface area contributed by atoms with E-state index in [-0.39, 0.29) is 11.5 Å². The van der Waals surface area contributed by atoms with Crippen LogP contribution < -0.4 is 0 Å². The minimum absolute atomic E-state index is 0.0680. The van der Waals surface area contributed by atoms with Crippen LogP contribution in [0.4, 0.5) is 0 Å². The predicted molar refractivity (Wildman–Crippen MR) is 97.0 cm³/mol. The molecule has 0 aromatic carbocycles. The zero-order chi connectivity index (χ0) is 17.0. The molecule has 4 nitrogen and oxygen atoms in total. The molecule has 3 aliphatic rings. The third-order valence-corrected chi connectivity index (χ3v) is 6.57. The predicted octanol–water partition coefficient (Wildman–Crippen LogP) is 3.31. The van der Waals surface area contributed by atoms with Gasteiger partial charge in [-0.2, -0.15) is 0 Å². The fourth-order valence-electron chi connectivity index (χ4n) is 4.96. The Morgan fingerprint density at radius 3 is 2.46 bits per heavy atom. The zero-order valence-corrected chi connectivity index (χ0v) is 15.8. The highest BCUT2D eigenvalue weighted by molar-refractivity contribution is 5.75. The summed E-state index contributed by atoms with van der Waals surface area (Å²) in [5.41, 5.74) is 0.0680. The van der Waals surface area contributed by atoms with E-state index in [1.165, 1.54) is 51.7 Å². The number of hydrogen-bond acceptors (Lipinski definition) is 3. The summed E-state index contributed by atoms with van der Waals surface area (Å²) in [6.07, 6.45) is 12.3. The molecule has 2 heterocycles. The minimum atomic E-state index is 0.0680. The summed E-state index contributed by atoms with van der Waals surface area (Å²) in [4.78, 5) is 16.4. The first-order valence-corrected chi connectivity index (χ1v) is 10.1. The molecule has 24 heavy (non-hydrogen) atoms. The largest absolute Gasteiger partial charge is 0.375 e. The molecule has 0 N–H and O–H groups in total. The molecule has 2 aliphatic heterocycles. The molecule has 3 rings (SSSR count). The lowest BCUT2D eigenvalue weighted by Crippen LogP contribution is -2.50. The third kappa shape index (κ3) is 4.72. The molecule has 1 unspecified atom stereocenters. The summed E-state index contributed by atoms with van der Waals surface area (Å²) in [7, 11) is 3.72. The second-order valence-corrected chi connectivity index (χ2v) is 8.69. The molecular formula is C20H36N2O2. The van der Waals surface area contributed by atoms with Gasteiger partial charge in [0.2, 0.25) is 5.91 Å². The van der Waals surface area contributed by atoms with Crippen LogP contribution in [-0.4, -0.2) is 61.6 Å². The molecule has 1 saturated carbocycles. The molecule has 0 bridgehead atoms. The number of likely N-dealkylation sites (tertiary alicyclic amines) is 1. The monoisotopic (exact) mass is 336 g/mol. The van der Waals surface area contributed by atoms with Gasteiger partial charge in [-0.25, -0.2) is 0 Å². The number of nitrogens with zero attached hydrogens (tertiary/aromatic N) is 2. The molecule has 1 atom stereocenters. The Balaban J connectivity index is 1.46. The zero-order valence-electron chi connectivity index (χ0n) is 15.8. The van der Waals surface area contributed by atoms with Crippen molar-refractivity contribution >= 4 is 5.91 Å². The van der Waals surface area contributed by atoms with Gasteiger partial charge in [-0.1, -0.05) is 19.3 Å². The Bertz CT molecular complexity index is 410. The smallest absolute Gasteiger partial charge is 0.222 e. The standard InChI is InChI=1S/C20H36N2O2/c1-21(2)19(23)14-18-8-13-24-20(15-18)9-11-22(12-10-20)16-17-6-4-3-5-7-17/h17-18H,3-16H2,1-2H3. The maximum absolute atomic E-state index is 12.0. The van der Waals surface area contributed by atoms with Crippen molar-refractivity contribution in [2.24, 2.45) is 11.8 Å². The van der Waals surface area contributed by atoms with Crippen LogP contribution in [0.1, 0.15) is 64.2 Å². The number of carbonyl (C=O) groups excluding carboxylic acids is 1. The van der Waals surface area contributed by atoms with E-state index in [1.807, 2.05) is 14.1 Å². The topological polar surface area (TPSA) is 32.8 Å². The Kier molecular flexibility index (Phi) is 6.20. The van der Waals surface area contributed by atoms with Crippen molar-refractivity contribution in [2.45, 2.75) is 69.8 Å². The van der Waals surface area contributed by atoms with Crippen LogP contribution >= 0.6 is 0 Å². The Morgan fingerprint density at radius 1 is 1.08 bits per heavy atom. The Labute approximate surface area is 147 Å². The first-order valence-electron chi connectivity index (χ1n) is 10.1. The van der Waals surface area contributed by atoms with Crippen LogP contribution in [0.3, 0.4) is 0 Å². The molecule has 2 saturated heterocycles. The van der Waals surface area contributed by atoms with Crippen molar-refractivity contribution in [2.75, 3.05) is 40.3 Å². The van der Waals surface area contributed by atoms with E-state index < -0.39 is 0 Å². The van der Waals surface area contributed by atoms with Crippen LogP contribution in [0.25, 0.3) is 0 Å². The fraction of sp³-hybridized carbons (Fsp3) is 0.950. The van der Waals surface area contributed by atoms with E-state index in [4.69, 9.17) is 4.74 Å². The normalized spacial score (nSPS) is 28.8. The number of rotatable bonds is 4. The second-order valence-electron chi connectivity index (χ2n) is 8.69. The van der Waals surface area contributed by atoms with Crippen LogP contribution in [0.5, 0.6) is 0 Å². The van der Waals surface area contributed by atoms with Gasteiger partial charge in [-0.15, -0.1) is 0 Å². The fourth-order valence-corrected chi connectivity index (χ4v) is 4.96. The number of ether oxygens (including phenoxy) is 1. The van der Waals surface area contributed by atoms with Crippen molar-refractivity contribution in [1.29, 1.82) is 0 Å². The van der Waals surface area contributed by atoms with Gasteiger partial charge in [0.25, 0.3) is 0 Å². The summed E-state index contributed by atoms with van der Waals surface area (Å²) in [5, 5.41) is 0. The van der Waals surface area contributed by atoms with E-state index in [0.717, 1.165) is 38.2 Å². The molecule has 0 aromatic rings. The van der Waals surface area contributed by atoms with Crippen LogP contribution in [0.2, 0.25) is 0 Å². The van der Waals surface area contributed by atoms with Gasteiger partial charge in [0.15, 0.2) is 0 Å². The van der Waals surface area contributed by atoms with E-state index in [9.17, 15) is 4.79 Å². The molecule has 3 fully saturated rings. The van der Waals surface area contributed by atoms with Gasteiger partial charge in [-0.05, 0) is 50.4 Å². The van der Waals surface area contributed by atoms with Crippen molar-refractivity contribution in [3.8, 4) is 0 Å². The van der Waals surface area contributed by atoms with Gasteiger partial charge < -0.3 is 14.5 Å². The molecule has 0 radical (unpaired) electrons. The number of piperidine rings is 1. The van der Waals surface area contributed by atoms with Gasteiger partial charge in [-0.3, -0.25) is 4.79 Å². The highest BCUT2D eigenvalue weighted by atomic mass is 16.5. The molecule has 4 heteroatoms. The average Bonchev–Trinajstić information content (AvgIpc) is 2.58. The van der Waals surface area contributed by atoms with Crippen molar-refractivity contribution in [3.05, 3.63) is 0 Å². The molecule has 1 amide bonds. The summed E-state index contributed by atoms with van der Waals surface area (Å²) in [6, 6.07) is 0. The molecule has 1 spiro atoms. The maximum atomic E-state index is 12.0. The summed E-state index contributed by atoms with van der Waals surface area (Å²) in [6.45, 7) is 4.52. The van der Waals surface area contributed by atoms with E-state index in [2.05, 4.69) is 4.90 Å². The minimum Gasteiger partial charge on any atom is -0.375 e. The number of amides is 1. The lowest BCUT2D eigenvalue weighted by atomic mass is 9.78. The van der Waals surface area contributed by atoms with Gasteiger partial charge in [0.1, 0.15) is 0 Å². The molecule has 0 aromatic heterocycles. The van der Waals surface area contributed by atoms with Gasteiger partial charge >= 0.3 is 0 Å². The van der Waals surface area contributed by atoms with E-state index >= 15 is 0 Å². The second kappa shape index (κ2) is 8.18. The highest BCUT2D eigenvalue weighted by Gasteiger charge is 2.41. The number of carbonyl (C=O) groups is 1. The van der Waals surface area contributed by atoms with Crippen molar-refractivity contribution < 1.29 is 9.53 Å². The summed E-state index contributed by atoms with van der Waals surface area (Å²) >= 11 is 0. The maximum Gasteiger partial charge on any atom is 0.222 e. The van der Waals surface area contributed by atoms with E-state index in [0.29, 0.717) is 12.3 Å². The quantitative estimate of drug-likeness (QED) is 0.789. The van der Waals surface area contributed by atoms with Crippen LogP contribution in [0.15, 0.2) is 0 Å². The summed E-state index contributed by atoms with van der Waals surface area (Å²) < 4.78 is 6.27. The first kappa shape index (κ1) is 18.2. The highest BCUT2D eigenvalue weighted by Crippen LogP contribution is 2.39. The summed E-state index contributed by atoms with van der Waals surface area (Å²) in [5.74, 6) is 1.72. The molecule has 1 aliphatic carbocycles. The van der Waals surface area contributed by atoms with Crippen LogP contribution in [0, 0.1) is 11.8 Å². The Morgan fingerprint density at radius 2 is 1.79 bits per heavy atom. The van der Waals surface area contributed by atoms with Crippen LogP contribution in [-0.2, 0) is 9.53 Å². The lowest BCUT2D eigenvalue weighted by Gasteiger charge is -2.47. The van der Waals surface area contributed by atoms with Gasteiger partial charge in [0, 0.05) is 46.8 Å². The van der Waals surface area contributed by atoms with Crippen molar-refractivity contribution in [1.82, 2.24) is 9.80 Å². The Hall–Kier alpha value is -0.610. The third-order valence-electron chi connectivity index (χ3n) is 6.57. The molecule has 138 valence electrons. The van der Waals surface area contributed by atoms with E-state index in [1.54, 1.807) is 4.90 Å². The van der Waals surface area contributed by atoms with Crippen molar-refractivity contribution in [3.63, 3.8) is 0 Å². The van der Waals surface area contributed by atoms with Gasteiger partial charge in [0.05, 0.1) is 5.60 Å². The first-order chi connectivity index (χ1) is 11.6.